The zero-order valence-electron chi connectivity index (χ0n) is 16.5. The van der Waals surface area contributed by atoms with Crippen LogP contribution >= 0.6 is 0 Å². The molecule has 2 heterocycles. The number of rotatable bonds is 6. The van der Waals surface area contributed by atoms with Gasteiger partial charge in [-0.3, -0.25) is 4.79 Å². The van der Waals surface area contributed by atoms with Crippen molar-refractivity contribution < 1.29 is 9.53 Å². The first-order valence-electron chi connectivity index (χ1n) is 9.57. The first kappa shape index (κ1) is 19.4. The van der Waals surface area contributed by atoms with Gasteiger partial charge in [0.25, 0.3) is 5.91 Å². The molecule has 5 heteroatoms. The molecule has 1 fully saturated rings. The number of ether oxygens (including phenoxy) is 1. The van der Waals surface area contributed by atoms with Crippen molar-refractivity contribution in [2.45, 2.75) is 26.3 Å². The normalized spacial score (nSPS) is 17.0. The molecule has 1 aromatic heterocycles. The fraction of sp³-hybridized carbons (Fsp3) is 0.455. The van der Waals surface area contributed by atoms with Crippen molar-refractivity contribution in [2.75, 3.05) is 38.8 Å². The van der Waals surface area contributed by atoms with Gasteiger partial charge in [0, 0.05) is 40.0 Å². The van der Waals surface area contributed by atoms with Crippen LogP contribution in [0.15, 0.2) is 42.6 Å². The van der Waals surface area contributed by atoms with Gasteiger partial charge in [-0.1, -0.05) is 29.8 Å². The smallest absolute Gasteiger partial charge is 0.255 e. The van der Waals surface area contributed by atoms with Crippen molar-refractivity contribution in [3.63, 3.8) is 0 Å². The van der Waals surface area contributed by atoms with E-state index in [-0.39, 0.29) is 5.91 Å². The van der Waals surface area contributed by atoms with E-state index < -0.39 is 0 Å². The molecule has 0 bridgehead atoms. The highest BCUT2D eigenvalue weighted by Crippen LogP contribution is 2.20. The predicted molar refractivity (Wildman–Crippen MR) is 108 cm³/mol. The van der Waals surface area contributed by atoms with E-state index in [0.717, 1.165) is 38.3 Å². The van der Waals surface area contributed by atoms with Gasteiger partial charge in [0.05, 0.1) is 12.2 Å². The van der Waals surface area contributed by atoms with Gasteiger partial charge in [-0.2, -0.15) is 0 Å². The number of amides is 1. The minimum atomic E-state index is 0.0658. The Morgan fingerprint density at radius 3 is 2.70 bits per heavy atom. The van der Waals surface area contributed by atoms with Crippen LogP contribution in [0, 0.1) is 12.8 Å². The predicted octanol–water partition coefficient (Wildman–Crippen LogP) is 3.53. The summed E-state index contributed by atoms with van der Waals surface area (Å²) in [5.74, 6) is 1.36. The summed E-state index contributed by atoms with van der Waals surface area (Å²) in [7, 11) is 3.74. The number of hydrogen-bond acceptors (Lipinski definition) is 4. The highest BCUT2D eigenvalue weighted by molar-refractivity contribution is 5.94. The molecule has 1 aliphatic heterocycles. The maximum absolute atomic E-state index is 12.8. The summed E-state index contributed by atoms with van der Waals surface area (Å²) in [5, 5.41) is 0. The molecular formula is C22H29N3O2. The van der Waals surface area contributed by atoms with Crippen LogP contribution in [0.25, 0.3) is 0 Å². The monoisotopic (exact) mass is 367 g/mol. The van der Waals surface area contributed by atoms with Crippen LogP contribution in [0.5, 0.6) is 0 Å². The number of benzene rings is 1. The lowest BCUT2D eigenvalue weighted by Crippen LogP contribution is -2.41. The minimum Gasteiger partial charge on any atom is -0.384 e. The quantitative estimate of drug-likeness (QED) is 0.784. The van der Waals surface area contributed by atoms with E-state index in [9.17, 15) is 4.79 Å². The number of piperidine rings is 1. The minimum absolute atomic E-state index is 0.0658. The second-order valence-electron chi connectivity index (χ2n) is 7.46. The summed E-state index contributed by atoms with van der Waals surface area (Å²) >= 11 is 0. The molecule has 27 heavy (non-hydrogen) atoms. The molecule has 1 aliphatic rings. The van der Waals surface area contributed by atoms with Crippen molar-refractivity contribution >= 4 is 11.7 Å². The third kappa shape index (κ3) is 5.07. The molecule has 144 valence electrons. The molecule has 5 nitrogen and oxygen atoms in total. The van der Waals surface area contributed by atoms with Crippen LogP contribution in [0.4, 0.5) is 5.82 Å². The number of carbonyl (C=O) groups is 1. The van der Waals surface area contributed by atoms with Crippen LogP contribution in [0.2, 0.25) is 0 Å². The van der Waals surface area contributed by atoms with Crippen LogP contribution < -0.4 is 4.90 Å². The van der Waals surface area contributed by atoms with Gasteiger partial charge in [0.2, 0.25) is 0 Å². The van der Waals surface area contributed by atoms with Gasteiger partial charge in [-0.15, -0.1) is 0 Å². The standard InChI is InChI=1S/C22H29N3O2/c1-17-6-8-18(9-7-17)14-24(2)21-11-10-20(13-23-21)22(26)25-12-4-5-19(15-25)16-27-3/h6-11,13,19H,4-5,12,14-16H2,1-3H3. The summed E-state index contributed by atoms with van der Waals surface area (Å²) in [4.78, 5) is 21.3. The Morgan fingerprint density at radius 1 is 1.26 bits per heavy atom. The van der Waals surface area contributed by atoms with E-state index >= 15 is 0 Å². The maximum Gasteiger partial charge on any atom is 0.255 e. The Morgan fingerprint density at radius 2 is 2.04 bits per heavy atom. The van der Waals surface area contributed by atoms with Gasteiger partial charge >= 0.3 is 0 Å². The molecule has 1 amide bonds. The van der Waals surface area contributed by atoms with Gasteiger partial charge in [-0.05, 0) is 43.4 Å². The van der Waals surface area contributed by atoms with Crippen molar-refractivity contribution in [2.24, 2.45) is 5.92 Å². The summed E-state index contributed by atoms with van der Waals surface area (Å²) in [5.41, 5.74) is 3.15. The fourth-order valence-electron chi connectivity index (χ4n) is 3.59. The zero-order valence-corrected chi connectivity index (χ0v) is 16.5. The summed E-state index contributed by atoms with van der Waals surface area (Å²) in [6.07, 6.45) is 3.85. The first-order chi connectivity index (χ1) is 13.1. The Labute approximate surface area is 162 Å². The average Bonchev–Trinajstić information content (AvgIpc) is 2.70. The number of aromatic nitrogens is 1. The summed E-state index contributed by atoms with van der Waals surface area (Å²) in [6.45, 7) is 5.16. The number of anilines is 1. The molecule has 0 radical (unpaired) electrons. The number of nitrogens with zero attached hydrogens (tertiary/aromatic N) is 3. The van der Waals surface area contributed by atoms with E-state index in [4.69, 9.17) is 4.74 Å². The largest absolute Gasteiger partial charge is 0.384 e. The number of hydrogen-bond donors (Lipinski definition) is 0. The number of carbonyl (C=O) groups excluding carboxylic acids is 1. The molecule has 0 saturated carbocycles. The third-order valence-corrected chi connectivity index (χ3v) is 5.13. The third-order valence-electron chi connectivity index (χ3n) is 5.13. The lowest BCUT2D eigenvalue weighted by atomic mass is 9.98. The van der Waals surface area contributed by atoms with E-state index in [0.29, 0.717) is 18.1 Å². The second kappa shape index (κ2) is 9.00. The number of likely N-dealkylation sites (tertiary alicyclic amines) is 1. The van der Waals surface area contributed by atoms with Gasteiger partial charge < -0.3 is 14.5 Å². The molecule has 2 aromatic rings. The van der Waals surface area contributed by atoms with Crippen LogP contribution in [-0.4, -0.2) is 49.6 Å². The fourth-order valence-corrected chi connectivity index (χ4v) is 3.59. The molecule has 0 spiro atoms. The molecule has 1 aromatic carbocycles. The van der Waals surface area contributed by atoms with Gasteiger partial charge in [0.15, 0.2) is 0 Å². The number of aryl methyl sites for hydroxylation is 1. The SMILES string of the molecule is COCC1CCCN(C(=O)c2ccc(N(C)Cc3ccc(C)cc3)nc2)C1. The molecule has 3 rings (SSSR count). The maximum atomic E-state index is 12.8. The highest BCUT2D eigenvalue weighted by atomic mass is 16.5. The van der Waals surface area contributed by atoms with Crippen molar-refractivity contribution in [1.29, 1.82) is 0 Å². The zero-order chi connectivity index (χ0) is 19.2. The lowest BCUT2D eigenvalue weighted by molar-refractivity contribution is 0.0570. The molecule has 1 unspecified atom stereocenters. The molecular weight excluding hydrogens is 338 g/mol. The van der Waals surface area contributed by atoms with E-state index in [1.807, 2.05) is 24.1 Å². The molecule has 1 atom stereocenters. The second-order valence-corrected chi connectivity index (χ2v) is 7.46. The van der Waals surface area contributed by atoms with E-state index in [1.54, 1.807) is 13.3 Å². The Hall–Kier alpha value is -2.40. The van der Waals surface area contributed by atoms with Gasteiger partial charge in [0.1, 0.15) is 5.82 Å². The number of methoxy groups -OCH3 is 1. The Balaban J connectivity index is 1.62. The lowest BCUT2D eigenvalue weighted by Gasteiger charge is -2.32. The van der Waals surface area contributed by atoms with Crippen molar-refractivity contribution in [3.05, 3.63) is 59.3 Å². The van der Waals surface area contributed by atoms with Crippen LogP contribution in [0.3, 0.4) is 0 Å². The molecule has 0 N–H and O–H groups in total. The van der Waals surface area contributed by atoms with E-state index in [1.165, 1.54) is 11.1 Å². The van der Waals surface area contributed by atoms with Crippen molar-refractivity contribution in [3.8, 4) is 0 Å². The Kier molecular flexibility index (Phi) is 6.45. The van der Waals surface area contributed by atoms with Crippen LogP contribution in [-0.2, 0) is 11.3 Å². The molecule has 0 aliphatic carbocycles. The molecule has 1 saturated heterocycles. The average molecular weight is 367 g/mol. The topological polar surface area (TPSA) is 45.7 Å². The van der Waals surface area contributed by atoms with Gasteiger partial charge in [-0.25, -0.2) is 4.98 Å². The first-order valence-corrected chi connectivity index (χ1v) is 9.57. The van der Waals surface area contributed by atoms with E-state index in [2.05, 4.69) is 41.1 Å². The van der Waals surface area contributed by atoms with Crippen LogP contribution in [0.1, 0.15) is 34.3 Å². The highest BCUT2D eigenvalue weighted by Gasteiger charge is 2.24. The Bertz CT molecular complexity index is 741. The number of pyridine rings is 1. The summed E-state index contributed by atoms with van der Waals surface area (Å²) < 4.78 is 5.26. The summed E-state index contributed by atoms with van der Waals surface area (Å²) in [6, 6.07) is 12.3. The van der Waals surface area contributed by atoms with Crippen molar-refractivity contribution in [1.82, 2.24) is 9.88 Å².